The summed E-state index contributed by atoms with van der Waals surface area (Å²) in [5.41, 5.74) is 1.14. The summed E-state index contributed by atoms with van der Waals surface area (Å²) in [7, 11) is 3.99. The Balaban J connectivity index is 2.16. The predicted octanol–water partition coefficient (Wildman–Crippen LogP) is 3.42. The van der Waals surface area contributed by atoms with Gasteiger partial charge in [0, 0.05) is 17.3 Å². The summed E-state index contributed by atoms with van der Waals surface area (Å²) in [6.45, 7) is 0. The van der Waals surface area contributed by atoms with Gasteiger partial charge in [0.25, 0.3) is 0 Å². The van der Waals surface area contributed by atoms with Gasteiger partial charge in [-0.3, -0.25) is 4.79 Å². The van der Waals surface area contributed by atoms with Gasteiger partial charge in [0.05, 0.1) is 32.6 Å². The third kappa shape index (κ3) is 4.40. The Morgan fingerprint density at radius 1 is 0.806 bits per heavy atom. The fourth-order valence-corrected chi connectivity index (χ4v) is 3.12. The number of ether oxygens (including phenoxy) is 3. The Kier molecular flexibility index (Phi) is 6.67. The molecule has 7 nitrogen and oxygen atoms in total. The fraction of sp³-hybridized carbons (Fsp3) is 0.125. The maximum absolute atomic E-state index is 13.3. The minimum atomic E-state index is -0.747. The van der Waals surface area contributed by atoms with Gasteiger partial charge < -0.3 is 19.1 Å². The smallest absolute Gasteiger partial charge is 0.355 e. The lowest BCUT2D eigenvalue weighted by Gasteiger charge is -2.25. The molecule has 1 aliphatic heterocycles. The van der Waals surface area contributed by atoms with Crippen LogP contribution in [-0.4, -0.2) is 39.1 Å². The number of anilines is 1. The van der Waals surface area contributed by atoms with Gasteiger partial charge in [-0.05, 0) is 48.6 Å². The molecule has 0 atom stereocenters. The minimum Gasteiger partial charge on any atom is -0.497 e. The molecule has 0 bridgehead atoms. The highest BCUT2D eigenvalue weighted by Gasteiger charge is 2.29. The molecule has 1 aliphatic rings. The first-order valence-corrected chi connectivity index (χ1v) is 9.34. The first-order chi connectivity index (χ1) is 15.0. The van der Waals surface area contributed by atoms with Crippen molar-refractivity contribution >= 4 is 23.4 Å². The molecule has 2 aromatic rings. The molecule has 0 unspecified atom stereocenters. The number of methoxy groups -OCH3 is 3. The molecule has 31 heavy (non-hydrogen) atoms. The number of rotatable bonds is 6. The Bertz CT molecular complexity index is 1100. The number of hydrogen-bond donors (Lipinski definition) is 0. The first-order valence-electron chi connectivity index (χ1n) is 9.34. The van der Waals surface area contributed by atoms with Gasteiger partial charge in [-0.2, -0.15) is 0 Å². The van der Waals surface area contributed by atoms with Crippen LogP contribution in [0.2, 0.25) is 0 Å². The van der Waals surface area contributed by atoms with Gasteiger partial charge in [-0.1, -0.05) is 18.2 Å². The second-order valence-electron chi connectivity index (χ2n) is 6.39. The molecule has 158 valence electrons. The molecular weight excluding hydrogens is 398 g/mol. The number of allylic oxidation sites excluding steroid dienone is 2. The van der Waals surface area contributed by atoms with E-state index in [1.54, 1.807) is 74.0 Å². The molecule has 0 saturated carbocycles. The third-order valence-electron chi connectivity index (χ3n) is 4.65. The number of carbonyl (C=O) groups is 3. The van der Waals surface area contributed by atoms with Gasteiger partial charge in [-0.15, -0.1) is 0 Å². The quantitative estimate of drug-likeness (QED) is 0.524. The van der Waals surface area contributed by atoms with Gasteiger partial charge in [0.2, 0.25) is 0 Å². The van der Waals surface area contributed by atoms with E-state index >= 15 is 0 Å². The lowest BCUT2D eigenvalue weighted by Crippen LogP contribution is -2.28. The van der Waals surface area contributed by atoms with Gasteiger partial charge in [0.15, 0.2) is 5.78 Å². The lowest BCUT2D eigenvalue weighted by atomic mass is 10.00. The largest absolute Gasteiger partial charge is 0.497 e. The van der Waals surface area contributed by atoms with Crippen LogP contribution in [0.3, 0.4) is 0 Å². The molecule has 0 N–H and O–H groups in total. The number of esters is 2. The number of hydrogen-bond acceptors (Lipinski definition) is 7. The highest BCUT2D eigenvalue weighted by atomic mass is 16.5. The van der Waals surface area contributed by atoms with Crippen LogP contribution in [-0.2, 0) is 19.1 Å². The highest BCUT2D eigenvalue weighted by Crippen LogP contribution is 2.31. The maximum Gasteiger partial charge on any atom is 0.355 e. The zero-order valence-electron chi connectivity index (χ0n) is 17.3. The van der Waals surface area contributed by atoms with Gasteiger partial charge >= 0.3 is 11.9 Å². The van der Waals surface area contributed by atoms with E-state index in [-0.39, 0.29) is 17.1 Å². The van der Waals surface area contributed by atoms with Crippen LogP contribution in [0.4, 0.5) is 5.69 Å². The monoisotopic (exact) mass is 419 g/mol. The fourth-order valence-electron chi connectivity index (χ4n) is 3.12. The Morgan fingerprint density at radius 2 is 1.48 bits per heavy atom. The molecule has 1 heterocycles. The topological polar surface area (TPSA) is 82.1 Å². The van der Waals surface area contributed by atoms with Crippen LogP contribution in [0, 0.1) is 0 Å². The highest BCUT2D eigenvalue weighted by molar-refractivity contribution is 6.14. The van der Waals surface area contributed by atoms with Crippen molar-refractivity contribution < 1.29 is 28.6 Å². The summed E-state index contributed by atoms with van der Waals surface area (Å²) in [6, 6.07) is 13.5. The number of para-hydroxylation sites is 1. The van der Waals surface area contributed by atoms with Gasteiger partial charge in [0.1, 0.15) is 11.4 Å². The second-order valence-corrected chi connectivity index (χ2v) is 6.39. The third-order valence-corrected chi connectivity index (χ3v) is 4.65. The molecule has 0 radical (unpaired) electrons. The first kappa shape index (κ1) is 21.6. The normalized spacial score (nSPS) is 12.9. The van der Waals surface area contributed by atoms with E-state index < -0.39 is 11.9 Å². The van der Waals surface area contributed by atoms with E-state index in [0.717, 1.165) is 0 Å². The molecule has 0 saturated heterocycles. The molecule has 0 amide bonds. The van der Waals surface area contributed by atoms with Crippen LogP contribution in [0.25, 0.3) is 0 Å². The van der Waals surface area contributed by atoms with Crippen molar-refractivity contribution in [3.63, 3.8) is 0 Å². The van der Waals surface area contributed by atoms with E-state index in [1.807, 2.05) is 0 Å². The van der Waals surface area contributed by atoms with E-state index in [2.05, 4.69) is 0 Å². The van der Waals surface area contributed by atoms with Crippen molar-refractivity contribution in [2.75, 3.05) is 26.2 Å². The van der Waals surface area contributed by atoms with E-state index in [0.29, 0.717) is 22.6 Å². The van der Waals surface area contributed by atoms with Crippen molar-refractivity contribution in [2.45, 2.75) is 0 Å². The van der Waals surface area contributed by atoms with Crippen LogP contribution < -0.4 is 9.64 Å². The van der Waals surface area contributed by atoms with Crippen LogP contribution in [0.5, 0.6) is 5.75 Å². The van der Waals surface area contributed by atoms with Crippen molar-refractivity contribution in [2.24, 2.45) is 0 Å². The van der Waals surface area contributed by atoms with Crippen LogP contribution in [0.15, 0.2) is 84.2 Å². The molecule has 0 aromatic heterocycles. The second kappa shape index (κ2) is 9.58. The molecule has 3 rings (SSSR count). The van der Waals surface area contributed by atoms with E-state index in [4.69, 9.17) is 14.2 Å². The van der Waals surface area contributed by atoms with Crippen molar-refractivity contribution in [1.82, 2.24) is 0 Å². The summed E-state index contributed by atoms with van der Waals surface area (Å²) < 4.78 is 14.9. The van der Waals surface area contributed by atoms with E-state index in [9.17, 15) is 14.4 Å². The Labute approximate surface area is 179 Å². The zero-order valence-corrected chi connectivity index (χ0v) is 17.3. The predicted molar refractivity (Wildman–Crippen MR) is 115 cm³/mol. The average Bonchev–Trinajstić information content (AvgIpc) is 3.05. The maximum atomic E-state index is 13.3. The summed E-state index contributed by atoms with van der Waals surface area (Å²) >= 11 is 0. The SMILES string of the molecule is COC(=O)C1=C(C(=O)OC)N(c2ccccc2C(=O)c2ccc(OC)cc2)C=CC=C1. The minimum absolute atomic E-state index is 0.00560. The van der Waals surface area contributed by atoms with Gasteiger partial charge in [-0.25, -0.2) is 9.59 Å². The number of benzene rings is 2. The molecular formula is C24H21NO6. The summed E-state index contributed by atoms with van der Waals surface area (Å²) in [6.07, 6.45) is 6.29. The molecule has 0 spiro atoms. The molecule has 0 aliphatic carbocycles. The number of ketones is 1. The zero-order chi connectivity index (χ0) is 22.4. The van der Waals surface area contributed by atoms with Crippen molar-refractivity contribution in [3.05, 3.63) is 95.4 Å². The summed E-state index contributed by atoms with van der Waals surface area (Å²) in [4.78, 5) is 39.8. The standard InChI is InChI=1S/C24H21NO6/c1-29-17-13-11-16(12-14-17)22(26)18-8-4-5-10-20(18)25-15-7-6-9-19(23(27)30-2)21(25)24(28)31-3/h4-15H,1-3H3. The molecule has 7 heteroatoms. The Morgan fingerprint density at radius 3 is 2.13 bits per heavy atom. The number of nitrogens with zero attached hydrogens (tertiary/aromatic N) is 1. The van der Waals surface area contributed by atoms with E-state index in [1.165, 1.54) is 25.2 Å². The lowest BCUT2D eigenvalue weighted by molar-refractivity contribution is -0.139. The average molecular weight is 419 g/mol. The number of carbonyl (C=O) groups excluding carboxylic acids is 3. The molecule has 2 aromatic carbocycles. The van der Waals surface area contributed by atoms with Crippen molar-refractivity contribution in [3.8, 4) is 5.75 Å². The van der Waals surface area contributed by atoms with Crippen molar-refractivity contribution in [1.29, 1.82) is 0 Å². The molecule has 0 fully saturated rings. The van der Waals surface area contributed by atoms with Crippen LogP contribution in [0.1, 0.15) is 15.9 Å². The summed E-state index contributed by atoms with van der Waals surface area (Å²) in [5.74, 6) is -1.08. The Hall–Kier alpha value is -4.13. The van der Waals surface area contributed by atoms with Crippen LogP contribution >= 0.6 is 0 Å². The summed E-state index contributed by atoms with van der Waals surface area (Å²) in [5, 5.41) is 0.